The fraction of sp³-hybridized carbons (Fsp3) is 0.423. The Morgan fingerprint density at radius 1 is 1.15 bits per heavy atom. The van der Waals surface area contributed by atoms with Crippen molar-refractivity contribution in [2.45, 2.75) is 38.8 Å². The van der Waals surface area contributed by atoms with Crippen LogP contribution in [0.15, 0.2) is 53.8 Å². The molecule has 0 aliphatic heterocycles. The molecule has 1 saturated carbocycles. The van der Waals surface area contributed by atoms with Gasteiger partial charge in [-0.1, -0.05) is 17.3 Å². The average molecular weight is 466 g/mol. The van der Waals surface area contributed by atoms with Crippen LogP contribution < -0.4 is 4.74 Å². The fourth-order valence-corrected chi connectivity index (χ4v) is 3.91. The van der Waals surface area contributed by atoms with Crippen molar-refractivity contribution < 1.29 is 23.8 Å². The highest BCUT2D eigenvalue weighted by Gasteiger charge is 2.30. The van der Waals surface area contributed by atoms with Crippen LogP contribution in [0.4, 0.5) is 0 Å². The molecule has 0 N–H and O–H groups in total. The Bertz CT molecular complexity index is 1140. The van der Waals surface area contributed by atoms with Crippen LogP contribution in [0, 0.1) is 5.92 Å². The van der Waals surface area contributed by atoms with Crippen molar-refractivity contribution in [1.82, 2.24) is 9.55 Å². The molecule has 1 atom stereocenters. The summed E-state index contributed by atoms with van der Waals surface area (Å²) >= 11 is 0. The summed E-state index contributed by atoms with van der Waals surface area (Å²) in [6.07, 6.45) is 4.14. The van der Waals surface area contributed by atoms with Gasteiger partial charge < -0.3 is 23.6 Å². The van der Waals surface area contributed by atoms with Crippen molar-refractivity contribution in [3.05, 3.63) is 59.9 Å². The molecule has 0 spiro atoms. The van der Waals surface area contributed by atoms with Gasteiger partial charge >= 0.3 is 5.97 Å². The van der Waals surface area contributed by atoms with Crippen molar-refractivity contribution in [3.8, 4) is 5.75 Å². The van der Waals surface area contributed by atoms with Crippen LogP contribution in [-0.2, 0) is 32.1 Å². The SMILES string of the molecule is CCOC(Cc1ccc(OCCn2ccc3ccc(/C(=N/OC)C4CC4)nc32)cc1)C(=O)OC. The third kappa shape index (κ3) is 5.75. The minimum atomic E-state index is -0.601. The van der Waals surface area contributed by atoms with Gasteiger partial charge in [0.05, 0.1) is 19.3 Å². The molecule has 8 heteroatoms. The summed E-state index contributed by atoms with van der Waals surface area (Å²) in [7, 11) is 2.94. The van der Waals surface area contributed by atoms with Crippen LogP contribution in [0.25, 0.3) is 11.0 Å². The zero-order valence-corrected chi connectivity index (χ0v) is 19.9. The Kier molecular flexibility index (Phi) is 7.80. The second-order valence-corrected chi connectivity index (χ2v) is 8.22. The molecule has 0 radical (unpaired) electrons. The first-order chi connectivity index (χ1) is 16.6. The number of hydrogen-bond acceptors (Lipinski definition) is 7. The molecule has 1 aromatic carbocycles. The van der Waals surface area contributed by atoms with E-state index in [1.54, 1.807) is 7.11 Å². The number of benzene rings is 1. The van der Waals surface area contributed by atoms with Gasteiger partial charge in [0.25, 0.3) is 0 Å². The zero-order valence-electron chi connectivity index (χ0n) is 19.9. The molecule has 4 rings (SSSR count). The van der Waals surface area contributed by atoms with Gasteiger partial charge in [-0.25, -0.2) is 9.78 Å². The Hall–Kier alpha value is -3.39. The van der Waals surface area contributed by atoms with Gasteiger partial charge in [0.1, 0.15) is 30.8 Å². The molecule has 0 saturated heterocycles. The molecule has 1 aliphatic rings. The molecule has 3 aromatic rings. The summed E-state index contributed by atoms with van der Waals surface area (Å²) in [5.41, 5.74) is 3.68. The first kappa shape index (κ1) is 23.8. The second-order valence-electron chi connectivity index (χ2n) is 8.22. The van der Waals surface area contributed by atoms with Crippen molar-refractivity contribution in [1.29, 1.82) is 0 Å². The minimum absolute atomic E-state index is 0.365. The highest BCUT2D eigenvalue weighted by atomic mass is 16.6. The van der Waals surface area contributed by atoms with Gasteiger partial charge in [-0.2, -0.15) is 0 Å². The zero-order chi connectivity index (χ0) is 23.9. The summed E-state index contributed by atoms with van der Waals surface area (Å²) in [4.78, 5) is 21.8. The first-order valence-corrected chi connectivity index (χ1v) is 11.6. The first-order valence-electron chi connectivity index (χ1n) is 11.6. The normalized spacial score (nSPS) is 14.7. The topological polar surface area (TPSA) is 84.2 Å². The van der Waals surface area contributed by atoms with E-state index < -0.39 is 6.10 Å². The van der Waals surface area contributed by atoms with Crippen molar-refractivity contribution in [2.75, 3.05) is 27.4 Å². The Morgan fingerprint density at radius 3 is 2.62 bits per heavy atom. The number of hydrogen-bond donors (Lipinski definition) is 0. The lowest BCUT2D eigenvalue weighted by atomic mass is 10.1. The Morgan fingerprint density at radius 2 is 1.94 bits per heavy atom. The number of nitrogens with zero attached hydrogens (tertiary/aromatic N) is 3. The molecule has 0 amide bonds. The molecule has 2 heterocycles. The molecule has 2 aromatic heterocycles. The maximum atomic E-state index is 11.9. The molecule has 180 valence electrons. The van der Waals surface area contributed by atoms with E-state index in [1.807, 2.05) is 43.5 Å². The molecule has 1 fully saturated rings. The molecule has 1 aliphatic carbocycles. The van der Waals surface area contributed by atoms with E-state index in [4.69, 9.17) is 24.0 Å². The van der Waals surface area contributed by atoms with E-state index in [0.29, 0.717) is 32.1 Å². The van der Waals surface area contributed by atoms with E-state index in [1.165, 1.54) is 7.11 Å². The predicted molar refractivity (Wildman–Crippen MR) is 129 cm³/mol. The fourth-order valence-electron chi connectivity index (χ4n) is 3.91. The minimum Gasteiger partial charge on any atom is -0.492 e. The number of oxime groups is 1. The summed E-state index contributed by atoms with van der Waals surface area (Å²) in [5.74, 6) is 0.842. The van der Waals surface area contributed by atoms with E-state index in [0.717, 1.165) is 46.6 Å². The standard InChI is InChI=1S/C26H31N3O5/c1-4-33-23(26(30)31-2)17-18-5-10-21(11-6-18)34-16-15-29-14-13-20-9-12-22(27-25(20)29)24(28-32-3)19-7-8-19/h5-6,9-14,19,23H,4,7-8,15-17H2,1-3H3/b28-24+. The van der Waals surface area contributed by atoms with Crippen LogP contribution in [0.1, 0.15) is 31.0 Å². The summed E-state index contributed by atoms with van der Waals surface area (Å²) in [5, 5.41) is 5.29. The van der Waals surface area contributed by atoms with Gasteiger partial charge in [-0.15, -0.1) is 0 Å². The molecular formula is C26H31N3O5. The van der Waals surface area contributed by atoms with Crippen LogP contribution in [0.5, 0.6) is 5.75 Å². The number of aromatic nitrogens is 2. The lowest BCUT2D eigenvalue weighted by Gasteiger charge is -2.15. The number of rotatable bonds is 12. The van der Waals surface area contributed by atoms with Gasteiger partial charge in [-0.05, 0) is 55.7 Å². The van der Waals surface area contributed by atoms with E-state index in [-0.39, 0.29) is 5.97 Å². The van der Waals surface area contributed by atoms with E-state index >= 15 is 0 Å². The number of carbonyl (C=O) groups is 1. The lowest BCUT2D eigenvalue weighted by molar-refractivity contribution is -0.153. The van der Waals surface area contributed by atoms with Gasteiger partial charge in [0, 0.05) is 30.5 Å². The van der Waals surface area contributed by atoms with Gasteiger partial charge in [-0.3, -0.25) is 0 Å². The summed E-state index contributed by atoms with van der Waals surface area (Å²) in [6, 6.07) is 13.8. The van der Waals surface area contributed by atoms with Gasteiger partial charge in [0.2, 0.25) is 0 Å². The van der Waals surface area contributed by atoms with Crippen molar-refractivity contribution in [3.63, 3.8) is 0 Å². The van der Waals surface area contributed by atoms with Crippen LogP contribution in [0.2, 0.25) is 0 Å². The monoisotopic (exact) mass is 465 g/mol. The smallest absolute Gasteiger partial charge is 0.335 e. The molecule has 34 heavy (non-hydrogen) atoms. The average Bonchev–Trinajstić information content (AvgIpc) is 3.63. The highest BCUT2D eigenvalue weighted by Crippen LogP contribution is 2.33. The maximum absolute atomic E-state index is 11.9. The number of ether oxygens (including phenoxy) is 3. The molecule has 8 nitrogen and oxygen atoms in total. The molecule has 1 unspecified atom stereocenters. The Labute approximate surface area is 199 Å². The number of fused-ring (bicyclic) bond motifs is 1. The maximum Gasteiger partial charge on any atom is 0.335 e. The third-order valence-corrected chi connectivity index (χ3v) is 5.80. The molecular weight excluding hydrogens is 434 g/mol. The van der Waals surface area contributed by atoms with Crippen molar-refractivity contribution in [2.24, 2.45) is 11.1 Å². The van der Waals surface area contributed by atoms with E-state index in [2.05, 4.69) is 21.9 Å². The molecule has 0 bridgehead atoms. The third-order valence-electron chi connectivity index (χ3n) is 5.80. The predicted octanol–water partition coefficient (Wildman–Crippen LogP) is 4.00. The highest BCUT2D eigenvalue weighted by molar-refractivity contribution is 6.03. The largest absolute Gasteiger partial charge is 0.492 e. The van der Waals surface area contributed by atoms with Crippen LogP contribution >= 0.6 is 0 Å². The Balaban J connectivity index is 1.37. The number of esters is 1. The number of pyridine rings is 1. The summed E-state index contributed by atoms with van der Waals surface area (Å²) in [6.45, 7) is 3.47. The van der Waals surface area contributed by atoms with Gasteiger partial charge in [0.15, 0.2) is 6.10 Å². The summed E-state index contributed by atoms with van der Waals surface area (Å²) < 4.78 is 18.4. The quantitative estimate of drug-likeness (QED) is 0.228. The number of methoxy groups -OCH3 is 1. The van der Waals surface area contributed by atoms with Crippen LogP contribution in [0.3, 0.4) is 0 Å². The van der Waals surface area contributed by atoms with E-state index in [9.17, 15) is 4.79 Å². The van der Waals surface area contributed by atoms with Crippen molar-refractivity contribution >= 4 is 22.7 Å². The number of carbonyl (C=O) groups excluding carboxylic acids is 1. The second kappa shape index (κ2) is 11.2. The lowest BCUT2D eigenvalue weighted by Crippen LogP contribution is -2.28. The van der Waals surface area contributed by atoms with Crippen LogP contribution in [-0.4, -0.2) is 54.8 Å².